The van der Waals surface area contributed by atoms with Gasteiger partial charge < -0.3 is 0 Å². The van der Waals surface area contributed by atoms with Crippen LogP contribution in [0.1, 0.15) is 30.3 Å². The lowest BCUT2D eigenvalue weighted by molar-refractivity contribution is 0.742. The van der Waals surface area contributed by atoms with E-state index in [1.54, 1.807) is 11.8 Å². The SMILES string of the molecule is CCCc1nnc2n1NC(c1ccccc1)=C(c1ccccc1)S2. The highest BCUT2D eigenvalue weighted by molar-refractivity contribution is 8.08. The van der Waals surface area contributed by atoms with Gasteiger partial charge >= 0.3 is 0 Å². The number of nitrogens with zero attached hydrogens (tertiary/aromatic N) is 3. The third-order valence-electron chi connectivity index (χ3n) is 3.92. The quantitative estimate of drug-likeness (QED) is 0.768. The fourth-order valence-corrected chi connectivity index (χ4v) is 3.79. The van der Waals surface area contributed by atoms with Crippen LogP contribution in [0.3, 0.4) is 0 Å². The predicted octanol–water partition coefficient (Wildman–Crippen LogP) is 4.41. The van der Waals surface area contributed by atoms with Crippen molar-refractivity contribution in [2.24, 2.45) is 0 Å². The van der Waals surface area contributed by atoms with E-state index < -0.39 is 0 Å². The van der Waals surface area contributed by atoms with E-state index in [-0.39, 0.29) is 0 Å². The molecule has 24 heavy (non-hydrogen) atoms. The molecule has 1 aliphatic heterocycles. The summed E-state index contributed by atoms with van der Waals surface area (Å²) in [5.41, 5.74) is 6.98. The number of benzene rings is 2. The van der Waals surface area contributed by atoms with Crippen LogP contribution in [0.2, 0.25) is 0 Å². The summed E-state index contributed by atoms with van der Waals surface area (Å²) in [5, 5.41) is 9.59. The third kappa shape index (κ3) is 2.71. The lowest BCUT2D eigenvalue weighted by atomic mass is 10.1. The first-order valence-electron chi connectivity index (χ1n) is 8.11. The second-order valence-electron chi connectivity index (χ2n) is 5.63. The van der Waals surface area contributed by atoms with Crippen molar-refractivity contribution in [2.45, 2.75) is 24.9 Å². The third-order valence-corrected chi connectivity index (χ3v) is 5.01. The Labute approximate surface area is 145 Å². The molecule has 0 unspecified atom stereocenters. The van der Waals surface area contributed by atoms with Gasteiger partial charge in [-0.1, -0.05) is 67.6 Å². The molecule has 0 aliphatic carbocycles. The van der Waals surface area contributed by atoms with Crippen molar-refractivity contribution in [3.63, 3.8) is 0 Å². The minimum Gasteiger partial charge on any atom is -0.289 e. The maximum absolute atomic E-state index is 4.36. The number of aryl methyl sites for hydroxylation is 1. The first-order valence-corrected chi connectivity index (χ1v) is 8.92. The molecular weight excluding hydrogens is 316 g/mol. The van der Waals surface area contributed by atoms with Gasteiger partial charge in [0.2, 0.25) is 5.16 Å². The summed E-state index contributed by atoms with van der Waals surface area (Å²) in [6.07, 6.45) is 1.95. The van der Waals surface area contributed by atoms with Crippen molar-refractivity contribution >= 4 is 22.4 Å². The molecule has 0 bridgehead atoms. The Morgan fingerprint density at radius 2 is 1.58 bits per heavy atom. The topological polar surface area (TPSA) is 42.7 Å². The molecule has 1 aromatic heterocycles. The van der Waals surface area contributed by atoms with E-state index >= 15 is 0 Å². The Kier molecular flexibility index (Phi) is 4.09. The van der Waals surface area contributed by atoms with Gasteiger partial charge in [0.15, 0.2) is 5.82 Å². The number of rotatable bonds is 4. The van der Waals surface area contributed by atoms with Gasteiger partial charge in [0.25, 0.3) is 0 Å². The summed E-state index contributed by atoms with van der Waals surface area (Å²) < 4.78 is 2.02. The summed E-state index contributed by atoms with van der Waals surface area (Å²) in [6.45, 7) is 2.15. The Morgan fingerprint density at radius 1 is 0.917 bits per heavy atom. The van der Waals surface area contributed by atoms with E-state index in [2.05, 4.69) is 71.1 Å². The second kappa shape index (κ2) is 6.53. The molecule has 0 saturated heterocycles. The highest BCUT2D eigenvalue weighted by Crippen LogP contribution is 2.41. The summed E-state index contributed by atoms with van der Waals surface area (Å²) in [6, 6.07) is 20.8. The zero-order valence-corrected chi connectivity index (χ0v) is 14.3. The molecule has 1 aliphatic rings. The smallest absolute Gasteiger partial charge is 0.215 e. The highest BCUT2D eigenvalue weighted by Gasteiger charge is 2.24. The van der Waals surface area contributed by atoms with Gasteiger partial charge in [0.1, 0.15) is 0 Å². The normalized spacial score (nSPS) is 13.5. The molecule has 2 aromatic carbocycles. The fourth-order valence-electron chi connectivity index (χ4n) is 2.76. The number of aromatic nitrogens is 3. The van der Waals surface area contributed by atoms with Gasteiger partial charge in [-0.2, -0.15) is 0 Å². The van der Waals surface area contributed by atoms with Crippen molar-refractivity contribution in [3.8, 4) is 0 Å². The van der Waals surface area contributed by atoms with Gasteiger partial charge in [-0.3, -0.25) is 5.43 Å². The average molecular weight is 334 g/mol. The van der Waals surface area contributed by atoms with Crippen LogP contribution in [0.25, 0.3) is 10.6 Å². The van der Waals surface area contributed by atoms with Crippen LogP contribution in [0.15, 0.2) is 65.8 Å². The van der Waals surface area contributed by atoms with Crippen LogP contribution in [0.5, 0.6) is 0 Å². The molecule has 3 aromatic rings. The van der Waals surface area contributed by atoms with E-state index in [0.29, 0.717) is 0 Å². The standard InChI is InChI=1S/C19H18N4S/c1-2-9-16-20-21-19-23(16)22-17(14-10-5-3-6-11-14)18(24-19)15-12-7-4-8-13-15/h3-8,10-13,22H,2,9H2,1H3. The first-order chi connectivity index (χ1) is 11.9. The van der Waals surface area contributed by atoms with Gasteiger partial charge in [-0.15, -0.1) is 10.2 Å². The number of hydrogen-bond acceptors (Lipinski definition) is 4. The molecule has 4 rings (SSSR count). The Morgan fingerprint density at radius 3 is 2.25 bits per heavy atom. The number of hydrogen-bond donors (Lipinski definition) is 1. The monoisotopic (exact) mass is 334 g/mol. The predicted molar refractivity (Wildman–Crippen MR) is 98.9 cm³/mol. The lowest BCUT2D eigenvalue weighted by Crippen LogP contribution is -2.21. The zero-order valence-electron chi connectivity index (χ0n) is 13.4. The van der Waals surface area contributed by atoms with Crippen molar-refractivity contribution in [2.75, 3.05) is 5.43 Å². The van der Waals surface area contributed by atoms with Crippen LogP contribution in [0.4, 0.5) is 0 Å². The molecule has 0 radical (unpaired) electrons. The number of nitrogens with one attached hydrogen (secondary N) is 1. The van der Waals surface area contributed by atoms with Crippen LogP contribution in [-0.2, 0) is 6.42 Å². The Hall–Kier alpha value is -2.53. The summed E-state index contributed by atoms with van der Waals surface area (Å²) in [4.78, 5) is 1.17. The van der Waals surface area contributed by atoms with Crippen LogP contribution in [-0.4, -0.2) is 14.9 Å². The molecule has 0 spiro atoms. The minimum atomic E-state index is 0.886. The van der Waals surface area contributed by atoms with Crippen molar-refractivity contribution < 1.29 is 0 Å². The molecule has 120 valence electrons. The van der Waals surface area contributed by atoms with Gasteiger partial charge in [0, 0.05) is 16.9 Å². The van der Waals surface area contributed by atoms with Crippen LogP contribution < -0.4 is 5.43 Å². The van der Waals surface area contributed by atoms with Crippen molar-refractivity contribution in [1.82, 2.24) is 14.9 Å². The van der Waals surface area contributed by atoms with E-state index in [0.717, 1.165) is 35.1 Å². The molecule has 0 fully saturated rings. The number of thioether (sulfide) groups is 1. The van der Waals surface area contributed by atoms with E-state index in [4.69, 9.17) is 0 Å². The molecule has 0 saturated carbocycles. The lowest BCUT2D eigenvalue weighted by Gasteiger charge is -2.24. The van der Waals surface area contributed by atoms with Gasteiger partial charge in [0.05, 0.1) is 5.70 Å². The summed E-state index contributed by atoms with van der Waals surface area (Å²) in [7, 11) is 0. The van der Waals surface area contributed by atoms with Crippen molar-refractivity contribution in [1.29, 1.82) is 0 Å². The molecule has 1 N–H and O–H groups in total. The maximum Gasteiger partial charge on any atom is 0.215 e. The summed E-state index contributed by atoms with van der Waals surface area (Å²) >= 11 is 1.67. The molecule has 2 heterocycles. The second-order valence-corrected chi connectivity index (χ2v) is 6.61. The minimum absolute atomic E-state index is 0.886. The molecule has 4 nitrogen and oxygen atoms in total. The van der Waals surface area contributed by atoms with Crippen LogP contribution >= 0.6 is 11.8 Å². The van der Waals surface area contributed by atoms with Crippen molar-refractivity contribution in [3.05, 3.63) is 77.6 Å². The van der Waals surface area contributed by atoms with E-state index in [1.807, 2.05) is 16.8 Å². The maximum atomic E-state index is 4.36. The van der Waals surface area contributed by atoms with Gasteiger partial charge in [-0.05, 0) is 23.7 Å². The first kappa shape index (κ1) is 15.0. The Bertz CT molecular complexity index is 869. The average Bonchev–Trinajstić information content (AvgIpc) is 3.04. The van der Waals surface area contributed by atoms with Crippen LogP contribution in [0, 0.1) is 0 Å². The van der Waals surface area contributed by atoms with Gasteiger partial charge in [-0.25, -0.2) is 4.68 Å². The molecule has 0 atom stereocenters. The van der Waals surface area contributed by atoms with E-state index in [1.165, 1.54) is 10.5 Å². The highest BCUT2D eigenvalue weighted by atomic mass is 32.2. The van der Waals surface area contributed by atoms with E-state index in [9.17, 15) is 0 Å². The Balaban J connectivity index is 1.84. The largest absolute Gasteiger partial charge is 0.289 e. The molecular formula is C19H18N4S. The fraction of sp³-hybridized carbons (Fsp3) is 0.158. The zero-order chi connectivity index (χ0) is 16.4. The molecule has 5 heteroatoms. The molecule has 0 amide bonds. The summed E-state index contributed by atoms with van der Waals surface area (Å²) in [5.74, 6) is 0.973. The number of fused-ring (bicyclic) bond motifs is 1.